The molecule has 0 bridgehead atoms. The van der Waals surface area contributed by atoms with Crippen molar-refractivity contribution in [3.63, 3.8) is 0 Å². The Labute approximate surface area is 201 Å². The second-order valence-electron chi connectivity index (χ2n) is 10.3. The number of aliphatic hydroxyl groups excluding tert-OH is 1. The number of hydrogen-bond acceptors (Lipinski definition) is 6. The van der Waals surface area contributed by atoms with E-state index in [9.17, 15) is 19.5 Å². The van der Waals surface area contributed by atoms with Crippen LogP contribution in [0.15, 0.2) is 24.3 Å². The van der Waals surface area contributed by atoms with E-state index in [-0.39, 0.29) is 30.4 Å². The number of rotatable bonds is 5. The molecule has 1 N–H and O–H groups in total. The van der Waals surface area contributed by atoms with Gasteiger partial charge in [-0.2, -0.15) is 0 Å². The van der Waals surface area contributed by atoms with Crippen LogP contribution in [0.25, 0.3) is 0 Å². The summed E-state index contributed by atoms with van der Waals surface area (Å²) in [5, 5.41) is 10.3. The van der Waals surface area contributed by atoms with E-state index in [2.05, 4.69) is 0 Å². The van der Waals surface area contributed by atoms with Gasteiger partial charge in [0, 0.05) is 12.6 Å². The van der Waals surface area contributed by atoms with Gasteiger partial charge in [-0.05, 0) is 39.0 Å². The zero-order chi connectivity index (χ0) is 24.6. The van der Waals surface area contributed by atoms with Gasteiger partial charge < -0.3 is 24.4 Å². The number of amides is 2. The van der Waals surface area contributed by atoms with Crippen LogP contribution in [0.1, 0.15) is 53.4 Å². The molecule has 2 fully saturated rings. The Morgan fingerprint density at radius 3 is 2.59 bits per heavy atom. The zero-order valence-electron chi connectivity index (χ0n) is 20.7. The summed E-state index contributed by atoms with van der Waals surface area (Å²) in [6.07, 6.45) is 10.2. The first kappa shape index (κ1) is 24.9. The lowest BCUT2D eigenvalue weighted by atomic mass is 9.77. The van der Waals surface area contributed by atoms with Crippen molar-refractivity contribution in [3.05, 3.63) is 24.3 Å². The summed E-state index contributed by atoms with van der Waals surface area (Å²) in [7, 11) is 0. The maximum Gasteiger partial charge on any atom is 0.312 e. The molecule has 1 unspecified atom stereocenters. The summed E-state index contributed by atoms with van der Waals surface area (Å²) >= 11 is 0. The van der Waals surface area contributed by atoms with Gasteiger partial charge in [0.05, 0.1) is 31.3 Å². The SMILES string of the molecule is CC[C@H](C)[C@H](CO)N1C(=O)[C@@H]2[C@H]3C(=O)OCCCC/C=C\[C@H]3O[C@@]23C=CCN(C(C)C)C(=O)C13. The average molecular weight is 475 g/mol. The number of carbonyl (C=O) groups excluding carboxylic acids is 3. The summed E-state index contributed by atoms with van der Waals surface area (Å²) in [6.45, 7) is 8.28. The number of esters is 1. The van der Waals surface area contributed by atoms with Gasteiger partial charge in [-0.3, -0.25) is 14.4 Å². The molecule has 7 atom stereocenters. The van der Waals surface area contributed by atoms with Gasteiger partial charge in [-0.15, -0.1) is 0 Å². The van der Waals surface area contributed by atoms with Crippen LogP contribution in [0, 0.1) is 17.8 Å². The van der Waals surface area contributed by atoms with E-state index in [1.165, 1.54) is 4.90 Å². The molecule has 8 heteroatoms. The van der Waals surface area contributed by atoms with Crippen molar-refractivity contribution in [1.29, 1.82) is 0 Å². The highest BCUT2D eigenvalue weighted by atomic mass is 16.6. The molecule has 188 valence electrons. The molecule has 0 radical (unpaired) electrons. The van der Waals surface area contributed by atoms with E-state index in [4.69, 9.17) is 9.47 Å². The number of cyclic esters (lactones) is 1. The Hall–Kier alpha value is -2.19. The molecule has 0 aromatic heterocycles. The predicted octanol–water partition coefficient (Wildman–Crippen LogP) is 2.06. The molecule has 0 saturated carbocycles. The molecule has 2 amide bonds. The zero-order valence-corrected chi connectivity index (χ0v) is 20.7. The maximum absolute atomic E-state index is 14.2. The maximum atomic E-state index is 14.2. The number of carbonyl (C=O) groups is 3. The first-order valence-electron chi connectivity index (χ1n) is 12.7. The number of ether oxygens (including phenoxy) is 2. The first-order chi connectivity index (χ1) is 16.3. The predicted molar refractivity (Wildman–Crippen MR) is 125 cm³/mol. The monoisotopic (exact) mass is 474 g/mol. The highest BCUT2D eigenvalue weighted by Crippen LogP contribution is 2.54. The average Bonchev–Trinajstić information content (AvgIpc) is 3.19. The summed E-state index contributed by atoms with van der Waals surface area (Å²) < 4.78 is 12.2. The Bertz CT molecular complexity index is 869. The lowest BCUT2D eigenvalue weighted by Crippen LogP contribution is -2.60. The van der Waals surface area contributed by atoms with E-state index in [0.717, 1.165) is 25.7 Å². The minimum atomic E-state index is -1.29. The third-order valence-corrected chi connectivity index (χ3v) is 8.04. The van der Waals surface area contributed by atoms with E-state index >= 15 is 0 Å². The molecule has 0 aromatic rings. The fourth-order valence-corrected chi connectivity index (χ4v) is 6.01. The van der Waals surface area contributed by atoms with Crippen molar-refractivity contribution < 1.29 is 29.0 Å². The van der Waals surface area contributed by atoms with E-state index < -0.39 is 41.6 Å². The number of hydrogen-bond donors (Lipinski definition) is 1. The van der Waals surface area contributed by atoms with E-state index in [1.807, 2.05) is 52.0 Å². The van der Waals surface area contributed by atoms with Crippen molar-refractivity contribution in [3.8, 4) is 0 Å². The summed E-state index contributed by atoms with van der Waals surface area (Å²) in [5.74, 6) is -2.74. The molecule has 34 heavy (non-hydrogen) atoms. The Morgan fingerprint density at radius 2 is 1.91 bits per heavy atom. The minimum absolute atomic E-state index is 0.0379. The van der Waals surface area contributed by atoms with Gasteiger partial charge in [-0.1, -0.05) is 44.6 Å². The van der Waals surface area contributed by atoms with E-state index in [1.54, 1.807) is 4.90 Å². The summed E-state index contributed by atoms with van der Waals surface area (Å²) in [4.78, 5) is 44.7. The Balaban J connectivity index is 1.87. The summed E-state index contributed by atoms with van der Waals surface area (Å²) in [5.41, 5.74) is -1.29. The molecular formula is C26H38N2O6. The number of likely N-dealkylation sites (tertiary alicyclic amines) is 1. The number of allylic oxidation sites excluding steroid dienone is 1. The second kappa shape index (κ2) is 9.82. The van der Waals surface area contributed by atoms with Gasteiger partial charge in [0.2, 0.25) is 11.8 Å². The van der Waals surface area contributed by atoms with Gasteiger partial charge in [0.15, 0.2) is 0 Å². The largest absolute Gasteiger partial charge is 0.465 e. The van der Waals surface area contributed by atoms with Crippen LogP contribution >= 0.6 is 0 Å². The second-order valence-corrected chi connectivity index (χ2v) is 10.3. The van der Waals surface area contributed by atoms with Gasteiger partial charge >= 0.3 is 5.97 Å². The van der Waals surface area contributed by atoms with Crippen molar-refractivity contribution in [2.24, 2.45) is 17.8 Å². The van der Waals surface area contributed by atoms with Crippen LogP contribution in [0.4, 0.5) is 0 Å². The molecular weight excluding hydrogens is 436 g/mol. The third kappa shape index (κ3) is 3.88. The molecule has 0 aliphatic carbocycles. The van der Waals surface area contributed by atoms with Crippen molar-refractivity contribution in [1.82, 2.24) is 9.80 Å². The van der Waals surface area contributed by atoms with Crippen LogP contribution in [-0.2, 0) is 23.9 Å². The topological polar surface area (TPSA) is 96.4 Å². The van der Waals surface area contributed by atoms with Gasteiger partial charge in [0.25, 0.3) is 0 Å². The number of fused-ring (bicyclic) bond motifs is 2. The molecule has 4 rings (SSSR count). The molecule has 4 aliphatic heterocycles. The minimum Gasteiger partial charge on any atom is -0.465 e. The summed E-state index contributed by atoms with van der Waals surface area (Å²) in [6, 6.07) is -1.58. The fraction of sp³-hybridized carbons (Fsp3) is 0.731. The molecule has 2 saturated heterocycles. The standard InChI is InChI=1S/C26H38N2O6/c1-5-17(4)18(15-29)28-22-24(31)27(16(2)3)13-10-12-26(22)21(23(28)30)20-19(34-26)11-8-6-7-9-14-33-25(20)32/h8,10-12,16-22,29H,5-7,9,13-15H2,1-4H3/b11-8-/t17-,18-,19+,20-,21-,22?,26-/m0/s1. The van der Waals surface area contributed by atoms with Crippen molar-refractivity contribution >= 4 is 17.8 Å². The van der Waals surface area contributed by atoms with E-state index in [0.29, 0.717) is 13.2 Å². The molecule has 1 spiro atoms. The Kier molecular flexibility index (Phi) is 7.20. The fourth-order valence-electron chi connectivity index (χ4n) is 6.01. The van der Waals surface area contributed by atoms with Gasteiger partial charge in [0.1, 0.15) is 17.6 Å². The smallest absolute Gasteiger partial charge is 0.312 e. The van der Waals surface area contributed by atoms with Crippen LogP contribution < -0.4 is 0 Å². The quantitative estimate of drug-likeness (QED) is 0.484. The lowest BCUT2D eigenvalue weighted by molar-refractivity contribution is -0.157. The number of aliphatic hydroxyl groups is 1. The van der Waals surface area contributed by atoms with Crippen molar-refractivity contribution in [2.75, 3.05) is 19.8 Å². The Morgan fingerprint density at radius 1 is 1.15 bits per heavy atom. The molecule has 4 heterocycles. The highest BCUT2D eigenvalue weighted by molar-refractivity contribution is 5.99. The molecule has 8 nitrogen and oxygen atoms in total. The van der Waals surface area contributed by atoms with Crippen LogP contribution in [-0.4, -0.2) is 82.3 Å². The number of nitrogens with zero attached hydrogens (tertiary/aromatic N) is 2. The normalized spacial score (nSPS) is 36.5. The highest BCUT2D eigenvalue weighted by Gasteiger charge is 2.72. The van der Waals surface area contributed by atoms with Crippen LogP contribution in [0.2, 0.25) is 0 Å². The van der Waals surface area contributed by atoms with Gasteiger partial charge in [-0.25, -0.2) is 0 Å². The third-order valence-electron chi connectivity index (χ3n) is 8.04. The molecule has 4 aliphatic rings. The van der Waals surface area contributed by atoms with Crippen molar-refractivity contribution in [2.45, 2.75) is 83.2 Å². The van der Waals surface area contributed by atoms with Crippen LogP contribution in [0.5, 0.6) is 0 Å². The van der Waals surface area contributed by atoms with Crippen LogP contribution in [0.3, 0.4) is 0 Å². The lowest BCUT2D eigenvalue weighted by Gasteiger charge is -2.41. The first-order valence-corrected chi connectivity index (χ1v) is 12.7. The molecule has 0 aromatic carbocycles.